The van der Waals surface area contributed by atoms with E-state index >= 15 is 0 Å². The van der Waals surface area contributed by atoms with Crippen molar-refractivity contribution in [2.45, 2.75) is 57.2 Å². The van der Waals surface area contributed by atoms with E-state index in [1.807, 2.05) is 6.07 Å². The van der Waals surface area contributed by atoms with Crippen LogP contribution < -0.4 is 5.32 Å². The molecule has 1 amide bonds. The third-order valence-corrected chi connectivity index (χ3v) is 4.28. The summed E-state index contributed by atoms with van der Waals surface area (Å²) in [7, 11) is 1.80. The van der Waals surface area contributed by atoms with Crippen LogP contribution in [-0.2, 0) is 18.3 Å². The van der Waals surface area contributed by atoms with Gasteiger partial charge in [0.2, 0.25) is 5.91 Å². The van der Waals surface area contributed by atoms with Crippen molar-refractivity contribution in [1.82, 2.24) is 15.1 Å². The van der Waals surface area contributed by atoms with Gasteiger partial charge in [-0.2, -0.15) is 18.3 Å². The third-order valence-electron chi connectivity index (χ3n) is 4.28. The van der Waals surface area contributed by atoms with Crippen LogP contribution in [0.5, 0.6) is 0 Å². The standard InChI is InChI=1S/C15H22F3N3O/c1-21-12(8-9-19-21)6-7-14(22)20-13-5-3-2-4-11(13)10-15(16,17)18/h8-9,11,13H,2-7,10H2,1H3,(H,20,22)/t11-,13-/m0/s1. The van der Waals surface area contributed by atoms with Gasteiger partial charge in [0, 0.05) is 37.8 Å². The Hall–Kier alpha value is -1.53. The molecule has 1 heterocycles. The summed E-state index contributed by atoms with van der Waals surface area (Å²) in [5.74, 6) is -0.672. The van der Waals surface area contributed by atoms with E-state index in [-0.39, 0.29) is 18.4 Å². The molecule has 0 radical (unpaired) electrons. The molecule has 4 nitrogen and oxygen atoms in total. The van der Waals surface area contributed by atoms with Gasteiger partial charge in [0.15, 0.2) is 0 Å². The normalized spacial score (nSPS) is 22.5. The fraction of sp³-hybridized carbons (Fsp3) is 0.733. The van der Waals surface area contributed by atoms with E-state index < -0.39 is 18.5 Å². The zero-order valence-corrected chi connectivity index (χ0v) is 12.7. The topological polar surface area (TPSA) is 46.9 Å². The summed E-state index contributed by atoms with van der Waals surface area (Å²) < 4.78 is 39.5. The van der Waals surface area contributed by atoms with Gasteiger partial charge in [-0.1, -0.05) is 12.8 Å². The first kappa shape index (κ1) is 16.8. The maximum Gasteiger partial charge on any atom is 0.389 e. The molecule has 1 aromatic rings. The largest absolute Gasteiger partial charge is 0.389 e. The summed E-state index contributed by atoms with van der Waals surface area (Å²) >= 11 is 0. The van der Waals surface area contributed by atoms with Crippen LogP contribution in [0.3, 0.4) is 0 Å². The molecule has 1 aliphatic carbocycles. The molecule has 1 aliphatic rings. The molecule has 7 heteroatoms. The van der Waals surface area contributed by atoms with Crippen molar-refractivity contribution in [3.63, 3.8) is 0 Å². The maximum absolute atomic E-state index is 12.6. The Morgan fingerprint density at radius 3 is 2.77 bits per heavy atom. The second-order valence-electron chi connectivity index (χ2n) is 5.98. The highest BCUT2D eigenvalue weighted by Crippen LogP contribution is 2.34. The minimum Gasteiger partial charge on any atom is -0.353 e. The Labute approximate surface area is 128 Å². The van der Waals surface area contributed by atoms with E-state index in [4.69, 9.17) is 0 Å². The first-order valence-electron chi connectivity index (χ1n) is 7.68. The van der Waals surface area contributed by atoms with Crippen LogP contribution in [0.1, 0.15) is 44.2 Å². The van der Waals surface area contributed by atoms with Gasteiger partial charge in [0.25, 0.3) is 0 Å². The average Bonchev–Trinajstić information content (AvgIpc) is 2.83. The summed E-state index contributed by atoms with van der Waals surface area (Å²) in [5.41, 5.74) is 0.936. The van der Waals surface area contributed by atoms with Gasteiger partial charge in [0.1, 0.15) is 0 Å². The SMILES string of the molecule is Cn1nccc1CCC(=O)N[C@H]1CCCC[C@H]1CC(F)(F)F. The second-order valence-corrected chi connectivity index (χ2v) is 5.98. The zero-order chi connectivity index (χ0) is 16.2. The molecule has 1 aromatic heterocycles. The Kier molecular flexibility index (Phi) is 5.47. The minimum absolute atomic E-state index is 0.180. The quantitative estimate of drug-likeness (QED) is 0.907. The number of aromatic nitrogens is 2. The molecule has 0 spiro atoms. The lowest BCUT2D eigenvalue weighted by molar-refractivity contribution is -0.150. The van der Waals surface area contributed by atoms with Crippen molar-refractivity contribution >= 4 is 5.91 Å². The Morgan fingerprint density at radius 2 is 2.14 bits per heavy atom. The van der Waals surface area contributed by atoms with Crippen molar-refractivity contribution < 1.29 is 18.0 Å². The predicted octanol–water partition coefficient (Wildman–Crippen LogP) is 2.98. The van der Waals surface area contributed by atoms with E-state index in [1.165, 1.54) is 0 Å². The van der Waals surface area contributed by atoms with Crippen LogP contribution >= 0.6 is 0 Å². The number of alkyl halides is 3. The number of rotatable bonds is 5. The van der Waals surface area contributed by atoms with Crippen LogP contribution in [0.15, 0.2) is 12.3 Å². The molecular weight excluding hydrogens is 295 g/mol. The molecule has 1 fully saturated rings. The molecule has 0 unspecified atom stereocenters. The third kappa shape index (κ3) is 5.03. The molecule has 1 N–H and O–H groups in total. The molecule has 2 atom stereocenters. The lowest BCUT2D eigenvalue weighted by atomic mass is 9.82. The fourth-order valence-corrected chi connectivity index (χ4v) is 3.11. The molecule has 0 aromatic carbocycles. The minimum atomic E-state index is -4.17. The highest BCUT2D eigenvalue weighted by Gasteiger charge is 2.37. The van der Waals surface area contributed by atoms with Crippen molar-refractivity contribution in [3.8, 4) is 0 Å². The van der Waals surface area contributed by atoms with Crippen LogP contribution in [0.25, 0.3) is 0 Å². The number of carbonyl (C=O) groups excluding carboxylic acids is 1. The van der Waals surface area contributed by atoms with Crippen LogP contribution in [-0.4, -0.2) is 27.9 Å². The van der Waals surface area contributed by atoms with E-state index in [0.717, 1.165) is 18.5 Å². The van der Waals surface area contributed by atoms with Crippen molar-refractivity contribution in [2.75, 3.05) is 0 Å². The highest BCUT2D eigenvalue weighted by atomic mass is 19.4. The van der Waals surface area contributed by atoms with E-state index in [2.05, 4.69) is 10.4 Å². The van der Waals surface area contributed by atoms with Gasteiger partial charge in [-0.15, -0.1) is 0 Å². The highest BCUT2D eigenvalue weighted by molar-refractivity contribution is 5.76. The molecule has 0 aliphatic heterocycles. The number of amides is 1. The van der Waals surface area contributed by atoms with Gasteiger partial charge in [0.05, 0.1) is 0 Å². The fourth-order valence-electron chi connectivity index (χ4n) is 3.11. The number of nitrogens with one attached hydrogen (secondary N) is 1. The predicted molar refractivity (Wildman–Crippen MR) is 76.1 cm³/mol. The molecule has 2 rings (SSSR count). The van der Waals surface area contributed by atoms with E-state index in [0.29, 0.717) is 19.3 Å². The molecule has 124 valence electrons. The first-order valence-corrected chi connectivity index (χ1v) is 7.68. The summed E-state index contributed by atoms with van der Waals surface area (Å²) in [5, 5.41) is 6.83. The van der Waals surface area contributed by atoms with Crippen LogP contribution in [0, 0.1) is 5.92 Å². The van der Waals surface area contributed by atoms with Gasteiger partial charge >= 0.3 is 6.18 Å². The Bertz CT molecular complexity index is 498. The van der Waals surface area contributed by atoms with E-state index in [9.17, 15) is 18.0 Å². The van der Waals surface area contributed by atoms with Crippen molar-refractivity contribution in [1.29, 1.82) is 0 Å². The molecule has 0 saturated heterocycles. The van der Waals surface area contributed by atoms with E-state index in [1.54, 1.807) is 17.9 Å². The second kappa shape index (κ2) is 7.15. The van der Waals surface area contributed by atoms with Crippen molar-refractivity contribution in [3.05, 3.63) is 18.0 Å². The summed E-state index contributed by atoms with van der Waals surface area (Å²) in [4.78, 5) is 12.0. The first-order chi connectivity index (χ1) is 10.3. The number of hydrogen-bond acceptors (Lipinski definition) is 2. The van der Waals surface area contributed by atoms with Gasteiger partial charge in [-0.3, -0.25) is 9.48 Å². The molecule has 22 heavy (non-hydrogen) atoms. The Balaban J connectivity index is 1.84. The van der Waals surface area contributed by atoms with Crippen molar-refractivity contribution in [2.24, 2.45) is 13.0 Å². The lowest BCUT2D eigenvalue weighted by Gasteiger charge is -2.32. The average molecular weight is 317 g/mol. The summed E-state index contributed by atoms with van der Waals surface area (Å²) in [6.45, 7) is 0. The number of carbonyl (C=O) groups is 1. The summed E-state index contributed by atoms with van der Waals surface area (Å²) in [6, 6.07) is 1.48. The zero-order valence-electron chi connectivity index (χ0n) is 12.7. The molecule has 0 bridgehead atoms. The number of halogens is 3. The monoisotopic (exact) mass is 317 g/mol. The van der Waals surface area contributed by atoms with Gasteiger partial charge in [-0.05, 0) is 31.2 Å². The number of hydrogen-bond donors (Lipinski definition) is 1. The van der Waals surface area contributed by atoms with Gasteiger partial charge in [-0.25, -0.2) is 0 Å². The lowest BCUT2D eigenvalue weighted by Crippen LogP contribution is -2.43. The smallest absolute Gasteiger partial charge is 0.353 e. The van der Waals surface area contributed by atoms with Crippen LogP contribution in [0.4, 0.5) is 13.2 Å². The Morgan fingerprint density at radius 1 is 1.41 bits per heavy atom. The number of nitrogens with zero attached hydrogens (tertiary/aromatic N) is 2. The molecule has 1 saturated carbocycles. The van der Waals surface area contributed by atoms with Gasteiger partial charge < -0.3 is 5.32 Å². The molecular formula is C15H22F3N3O. The summed E-state index contributed by atoms with van der Waals surface area (Å²) in [6.07, 6.45) is 0.356. The maximum atomic E-state index is 12.6. The number of aryl methyl sites for hydroxylation is 2. The van der Waals surface area contributed by atoms with Crippen LogP contribution in [0.2, 0.25) is 0 Å².